The second-order valence-electron chi connectivity index (χ2n) is 6.98. The Hall–Kier alpha value is -2.26. The van der Waals surface area contributed by atoms with Crippen LogP contribution in [0.1, 0.15) is 61.4 Å². The van der Waals surface area contributed by atoms with E-state index >= 15 is 0 Å². The smallest absolute Gasteiger partial charge is 0.272 e. The van der Waals surface area contributed by atoms with Gasteiger partial charge in [0.2, 0.25) is 5.91 Å². The van der Waals surface area contributed by atoms with E-state index in [1.807, 2.05) is 18.5 Å². The molecule has 1 aliphatic carbocycles. The highest BCUT2D eigenvalue weighted by Gasteiger charge is 2.35. The Morgan fingerprint density at radius 1 is 1.41 bits per heavy atom. The van der Waals surface area contributed by atoms with Gasteiger partial charge in [-0.3, -0.25) is 14.3 Å². The summed E-state index contributed by atoms with van der Waals surface area (Å²) in [5.74, 6) is -0.231. The van der Waals surface area contributed by atoms with E-state index in [2.05, 4.69) is 27.6 Å². The van der Waals surface area contributed by atoms with Gasteiger partial charge in [-0.15, -0.1) is 0 Å². The van der Waals surface area contributed by atoms with Crippen LogP contribution in [0.3, 0.4) is 0 Å². The third kappa shape index (κ3) is 3.74. The highest BCUT2D eigenvalue weighted by Crippen LogP contribution is 2.46. The van der Waals surface area contributed by atoms with E-state index in [1.54, 1.807) is 7.11 Å². The monoisotopic (exact) mass is 391 g/mol. The number of carbonyl (C=O) groups excluding carboxylic acids is 2. The Morgan fingerprint density at radius 3 is 2.78 bits per heavy atom. The molecule has 0 saturated carbocycles. The minimum Gasteiger partial charge on any atom is -0.383 e. The van der Waals surface area contributed by atoms with Crippen molar-refractivity contribution in [2.24, 2.45) is 0 Å². The summed E-state index contributed by atoms with van der Waals surface area (Å²) in [5, 5.41) is 10.9. The number of anilines is 1. The fourth-order valence-corrected chi connectivity index (χ4v) is 4.39. The van der Waals surface area contributed by atoms with Crippen molar-refractivity contribution in [1.29, 1.82) is 0 Å². The summed E-state index contributed by atoms with van der Waals surface area (Å²) in [7, 11) is 1.60. The third-order valence-corrected chi connectivity index (χ3v) is 5.45. The zero-order chi connectivity index (χ0) is 19.7. The number of carbonyl (C=O) groups is 2. The molecule has 2 amide bonds. The maximum absolute atomic E-state index is 12.7. The van der Waals surface area contributed by atoms with E-state index in [9.17, 15) is 9.59 Å². The largest absolute Gasteiger partial charge is 0.383 e. The number of ether oxygens (including phenoxy) is 1. The molecular weight excluding hydrogens is 366 g/mol. The number of fused-ring (bicyclic) bond motifs is 3. The minimum absolute atomic E-state index is 0.0868. The van der Waals surface area contributed by atoms with Gasteiger partial charge in [0.15, 0.2) is 10.8 Å². The maximum Gasteiger partial charge on any atom is 0.272 e. The molecule has 9 heteroatoms. The van der Waals surface area contributed by atoms with Crippen molar-refractivity contribution in [1.82, 2.24) is 20.1 Å². The number of nitrogens with one attached hydrogen (secondary N) is 2. The number of thiazole rings is 1. The molecule has 2 N–H and O–H groups in total. The van der Waals surface area contributed by atoms with Gasteiger partial charge in [-0.25, -0.2) is 4.98 Å². The van der Waals surface area contributed by atoms with E-state index in [0.29, 0.717) is 30.4 Å². The van der Waals surface area contributed by atoms with Crippen molar-refractivity contribution >= 4 is 28.3 Å². The van der Waals surface area contributed by atoms with Crippen molar-refractivity contribution in [3.8, 4) is 10.6 Å². The molecule has 0 radical (unpaired) electrons. The van der Waals surface area contributed by atoms with Gasteiger partial charge in [0.25, 0.3) is 5.91 Å². The highest BCUT2D eigenvalue weighted by molar-refractivity contribution is 7.19. The van der Waals surface area contributed by atoms with Crippen molar-refractivity contribution in [3.05, 3.63) is 17.0 Å². The van der Waals surface area contributed by atoms with Crippen LogP contribution in [0.5, 0.6) is 0 Å². The lowest BCUT2D eigenvalue weighted by Gasteiger charge is -2.20. The number of amides is 2. The molecule has 0 saturated heterocycles. The molecule has 2 aromatic rings. The van der Waals surface area contributed by atoms with Crippen molar-refractivity contribution in [3.63, 3.8) is 0 Å². The lowest BCUT2D eigenvalue weighted by Crippen LogP contribution is -2.28. The van der Waals surface area contributed by atoms with Gasteiger partial charge in [0.05, 0.1) is 22.9 Å². The number of hydrogen-bond donors (Lipinski definition) is 2. The van der Waals surface area contributed by atoms with Crippen LogP contribution in [0.15, 0.2) is 0 Å². The normalized spacial score (nSPS) is 15.4. The zero-order valence-corrected chi connectivity index (χ0v) is 17.1. The average molecular weight is 391 g/mol. The number of rotatable bonds is 6. The molecule has 8 nitrogen and oxygen atoms in total. The lowest BCUT2D eigenvalue weighted by molar-refractivity contribution is -0.114. The van der Waals surface area contributed by atoms with Crippen LogP contribution in [0, 0.1) is 0 Å². The Kier molecular flexibility index (Phi) is 5.61. The Bertz CT molecular complexity index is 871. The lowest BCUT2D eigenvalue weighted by atomic mass is 9.87. The van der Waals surface area contributed by atoms with Gasteiger partial charge in [-0.1, -0.05) is 18.3 Å². The number of aromatic nitrogens is 3. The van der Waals surface area contributed by atoms with Crippen LogP contribution in [0.2, 0.25) is 0 Å². The van der Waals surface area contributed by atoms with Crippen LogP contribution in [-0.2, 0) is 16.0 Å². The van der Waals surface area contributed by atoms with Gasteiger partial charge in [0.1, 0.15) is 0 Å². The Balaban J connectivity index is 2.08. The summed E-state index contributed by atoms with van der Waals surface area (Å²) in [6.45, 7) is 8.51. The van der Waals surface area contributed by atoms with Crippen molar-refractivity contribution in [2.75, 3.05) is 25.6 Å². The molecule has 1 atom stereocenters. The van der Waals surface area contributed by atoms with Gasteiger partial charge in [-0.2, -0.15) is 5.10 Å². The number of hydrogen-bond acceptors (Lipinski definition) is 6. The number of methoxy groups -OCH3 is 1. The van der Waals surface area contributed by atoms with Gasteiger partial charge < -0.3 is 15.4 Å². The molecule has 0 spiro atoms. The molecule has 2 heterocycles. The molecule has 0 aliphatic heterocycles. The third-order valence-electron chi connectivity index (χ3n) is 4.43. The molecule has 0 fully saturated rings. The van der Waals surface area contributed by atoms with Crippen LogP contribution < -0.4 is 10.6 Å². The summed E-state index contributed by atoms with van der Waals surface area (Å²) >= 11 is 1.43. The molecule has 0 bridgehead atoms. The molecular formula is C18H25N5O3S. The van der Waals surface area contributed by atoms with Gasteiger partial charge in [0, 0.05) is 32.2 Å². The van der Waals surface area contributed by atoms with Crippen molar-refractivity contribution < 1.29 is 14.3 Å². The summed E-state index contributed by atoms with van der Waals surface area (Å²) in [6, 6.07) is 0.0868. The molecule has 146 valence electrons. The first-order valence-electron chi connectivity index (χ1n) is 9.00. The van der Waals surface area contributed by atoms with E-state index in [1.165, 1.54) is 18.3 Å². The predicted octanol–water partition coefficient (Wildman–Crippen LogP) is 2.58. The molecule has 2 aromatic heterocycles. The first-order valence-corrected chi connectivity index (χ1v) is 9.82. The van der Waals surface area contributed by atoms with Gasteiger partial charge in [-0.05, 0) is 26.2 Å². The van der Waals surface area contributed by atoms with Crippen LogP contribution >= 0.6 is 11.3 Å². The molecule has 1 aliphatic rings. The summed E-state index contributed by atoms with van der Waals surface area (Å²) in [6.07, 6.45) is 0.709. The molecule has 0 aromatic carbocycles. The summed E-state index contributed by atoms with van der Waals surface area (Å²) in [5.41, 5.74) is 3.29. The Morgan fingerprint density at radius 2 is 2.15 bits per heavy atom. The van der Waals surface area contributed by atoms with Crippen LogP contribution in [0.4, 0.5) is 5.13 Å². The van der Waals surface area contributed by atoms with E-state index < -0.39 is 0 Å². The molecule has 3 rings (SSSR count). The second-order valence-corrected chi connectivity index (χ2v) is 7.98. The topological polar surface area (TPSA) is 98.1 Å². The van der Waals surface area contributed by atoms with Crippen LogP contribution in [0.25, 0.3) is 10.6 Å². The first kappa shape index (κ1) is 19.5. The molecule has 1 unspecified atom stereocenters. The fourth-order valence-electron chi connectivity index (χ4n) is 3.30. The highest BCUT2D eigenvalue weighted by atomic mass is 32.1. The fraction of sp³-hybridized carbons (Fsp3) is 0.556. The molecule has 27 heavy (non-hydrogen) atoms. The summed E-state index contributed by atoms with van der Waals surface area (Å²) in [4.78, 5) is 29.7. The van der Waals surface area contributed by atoms with Gasteiger partial charge >= 0.3 is 0 Å². The number of nitrogens with zero attached hydrogens (tertiary/aromatic N) is 3. The van der Waals surface area contributed by atoms with E-state index in [0.717, 1.165) is 21.8 Å². The minimum atomic E-state index is -0.190. The van der Waals surface area contributed by atoms with E-state index in [-0.39, 0.29) is 23.8 Å². The quantitative estimate of drug-likeness (QED) is 0.738. The van der Waals surface area contributed by atoms with E-state index in [4.69, 9.17) is 4.74 Å². The SMILES string of the molecule is COCCNC(=O)c1nn(C(C)C)c2c1C(C)Cc1nc(NC(C)=O)sc1-2. The van der Waals surface area contributed by atoms with Crippen LogP contribution in [-0.4, -0.2) is 46.8 Å². The summed E-state index contributed by atoms with van der Waals surface area (Å²) < 4.78 is 6.90. The first-order chi connectivity index (χ1) is 12.8. The van der Waals surface area contributed by atoms with Crippen molar-refractivity contribution in [2.45, 2.75) is 46.1 Å². The zero-order valence-electron chi connectivity index (χ0n) is 16.3. The Labute approximate surface area is 162 Å². The standard InChI is InChI=1S/C18H25N5O3S/c1-9(2)23-15-13(14(22-23)17(25)19-6-7-26-5)10(3)8-12-16(15)27-18(21-12)20-11(4)24/h9-10H,6-8H2,1-5H3,(H,19,25)(H,20,21,24). The maximum atomic E-state index is 12.7. The second kappa shape index (κ2) is 7.77. The predicted molar refractivity (Wildman–Crippen MR) is 104 cm³/mol. The average Bonchev–Trinajstić information content (AvgIpc) is 3.15.